The van der Waals surface area contributed by atoms with Crippen molar-refractivity contribution >= 4 is 11.8 Å². The van der Waals surface area contributed by atoms with Gasteiger partial charge in [-0.1, -0.05) is 12.1 Å². The summed E-state index contributed by atoms with van der Waals surface area (Å²) in [5, 5.41) is 0. The zero-order valence-corrected chi connectivity index (χ0v) is 14.1. The summed E-state index contributed by atoms with van der Waals surface area (Å²) in [5.74, 6) is 1.74. The Balaban J connectivity index is 1.72. The fraction of sp³-hybridized carbons (Fsp3) is 0.250. The normalized spacial score (nSPS) is 17.5. The molecule has 1 aromatic carbocycles. The molecule has 24 heavy (non-hydrogen) atoms. The number of nitrogens with zero attached hydrogens (tertiary/aromatic N) is 1. The van der Waals surface area contributed by atoms with Gasteiger partial charge in [-0.25, -0.2) is 4.99 Å². The molecule has 4 rings (SSSR count). The van der Waals surface area contributed by atoms with Crippen LogP contribution in [0.25, 0.3) is 6.08 Å². The van der Waals surface area contributed by atoms with E-state index in [1.165, 1.54) is 11.1 Å². The zero-order chi connectivity index (χ0) is 16.7. The first kappa shape index (κ1) is 14.8. The van der Waals surface area contributed by atoms with Crippen LogP contribution in [0, 0.1) is 13.8 Å². The van der Waals surface area contributed by atoms with Crippen LogP contribution in [-0.4, -0.2) is 24.4 Å². The van der Waals surface area contributed by atoms with E-state index in [2.05, 4.69) is 43.1 Å². The smallest absolute Gasteiger partial charge is 0.146 e. The molecule has 0 fully saturated rings. The second-order valence-electron chi connectivity index (χ2n) is 6.21. The summed E-state index contributed by atoms with van der Waals surface area (Å²) in [5.41, 5.74) is 7.45. The van der Waals surface area contributed by atoms with E-state index in [1.807, 2.05) is 12.2 Å². The van der Waals surface area contributed by atoms with Crippen LogP contribution in [0.4, 0.5) is 0 Å². The maximum Gasteiger partial charge on any atom is 0.146 e. The number of nitrogens with one attached hydrogen (secondary N) is 1. The predicted octanol–water partition coefficient (Wildman–Crippen LogP) is 3.94. The predicted molar refractivity (Wildman–Crippen MR) is 95.5 cm³/mol. The van der Waals surface area contributed by atoms with Gasteiger partial charge in [0.1, 0.15) is 17.2 Å². The number of aromatic nitrogens is 1. The van der Waals surface area contributed by atoms with Gasteiger partial charge in [0, 0.05) is 29.4 Å². The lowest BCUT2D eigenvalue weighted by Gasteiger charge is -2.02. The van der Waals surface area contributed by atoms with E-state index in [0.717, 1.165) is 52.9 Å². The fourth-order valence-electron chi connectivity index (χ4n) is 3.19. The highest BCUT2D eigenvalue weighted by Crippen LogP contribution is 2.30. The van der Waals surface area contributed by atoms with Gasteiger partial charge in [0.15, 0.2) is 0 Å². The number of aromatic amines is 1. The van der Waals surface area contributed by atoms with E-state index in [1.54, 1.807) is 7.11 Å². The van der Waals surface area contributed by atoms with Gasteiger partial charge < -0.3 is 14.5 Å². The van der Waals surface area contributed by atoms with Gasteiger partial charge in [-0.05, 0) is 43.2 Å². The minimum Gasteiger partial charge on any atom is -0.494 e. The van der Waals surface area contributed by atoms with Gasteiger partial charge in [0.25, 0.3) is 0 Å². The van der Waals surface area contributed by atoms with Crippen LogP contribution in [-0.2, 0) is 11.2 Å². The van der Waals surface area contributed by atoms with Crippen molar-refractivity contribution in [1.29, 1.82) is 0 Å². The number of allylic oxidation sites excluding steroid dienone is 1. The van der Waals surface area contributed by atoms with Crippen LogP contribution in [0.2, 0.25) is 0 Å². The molecule has 2 aliphatic heterocycles. The Kier molecular flexibility index (Phi) is 3.53. The highest BCUT2D eigenvalue weighted by atomic mass is 16.5. The second kappa shape index (κ2) is 5.71. The summed E-state index contributed by atoms with van der Waals surface area (Å²) in [6, 6.07) is 8.42. The number of aliphatic imine (C=N–C) groups is 1. The van der Waals surface area contributed by atoms with Gasteiger partial charge in [0.2, 0.25) is 0 Å². The molecule has 0 amide bonds. The lowest BCUT2D eigenvalue weighted by molar-refractivity contribution is 0.303. The molecule has 0 saturated heterocycles. The Morgan fingerprint density at radius 1 is 1.25 bits per heavy atom. The van der Waals surface area contributed by atoms with Gasteiger partial charge in [-0.2, -0.15) is 0 Å². The standard InChI is InChI=1S/C20H20N2O2/c1-12-8-13(2)21-16(12)10-18-20(23-3)11-17(22-18)15-5-4-14-6-7-24-19(14)9-15/h4-5,8-11,21H,6-7H2,1-3H3/b18-10-. The number of ether oxygens (including phenoxy) is 2. The Hall–Kier alpha value is -2.75. The van der Waals surface area contributed by atoms with Crippen LogP contribution in [0.15, 0.2) is 46.8 Å². The molecule has 1 aromatic heterocycles. The lowest BCUT2D eigenvalue weighted by atomic mass is 10.1. The molecule has 2 aliphatic rings. The molecular formula is C20H20N2O2. The molecular weight excluding hydrogens is 300 g/mol. The van der Waals surface area contributed by atoms with E-state index in [4.69, 9.17) is 14.5 Å². The average Bonchev–Trinajstić information content (AvgIpc) is 3.26. The topological polar surface area (TPSA) is 46.6 Å². The van der Waals surface area contributed by atoms with E-state index in [0.29, 0.717) is 0 Å². The number of hydrogen-bond donors (Lipinski definition) is 1. The highest BCUT2D eigenvalue weighted by molar-refractivity contribution is 6.12. The summed E-state index contributed by atoms with van der Waals surface area (Å²) in [7, 11) is 1.68. The Morgan fingerprint density at radius 3 is 2.88 bits per heavy atom. The number of methoxy groups -OCH3 is 1. The summed E-state index contributed by atoms with van der Waals surface area (Å²) in [6.07, 6.45) is 5.00. The van der Waals surface area contributed by atoms with Crippen LogP contribution in [0.3, 0.4) is 0 Å². The monoisotopic (exact) mass is 320 g/mol. The first-order valence-corrected chi connectivity index (χ1v) is 8.13. The molecule has 3 heterocycles. The lowest BCUT2D eigenvalue weighted by Crippen LogP contribution is -1.94. The van der Waals surface area contributed by atoms with Gasteiger partial charge >= 0.3 is 0 Å². The summed E-state index contributed by atoms with van der Waals surface area (Å²) >= 11 is 0. The number of hydrogen-bond acceptors (Lipinski definition) is 3. The third-order valence-corrected chi connectivity index (χ3v) is 4.44. The van der Waals surface area contributed by atoms with Crippen molar-refractivity contribution in [1.82, 2.24) is 4.98 Å². The zero-order valence-electron chi connectivity index (χ0n) is 14.1. The maximum atomic E-state index is 5.67. The molecule has 4 heteroatoms. The molecule has 0 radical (unpaired) electrons. The molecule has 4 nitrogen and oxygen atoms in total. The first-order valence-electron chi connectivity index (χ1n) is 8.13. The molecule has 0 saturated carbocycles. The van der Waals surface area contributed by atoms with Crippen molar-refractivity contribution in [2.75, 3.05) is 13.7 Å². The largest absolute Gasteiger partial charge is 0.494 e. The van der Waals surface area contributed by atoms with Gasteiger partial charge in [-0.15, -0.1) is 0 Å². The van der Waals surface area contributed by atoms with Crippen molar-refractivity contribution in [3.63, 3.8) is 0 Å². The third-order valence-electron chi connectivity index (χ3n) is 4.44. The van der Waals surface area contributed by atoms with Crippen LogP contribution in [0.5, 0.6) is 5.75 Å². The van der Waals surface area contributed by atoms with Crippen molar-refractivity contribution in [2.45, 2.75) is 20.3 Å². The molecule has 1 N–H and O–H groups in total. The van der Waals surface area contributed by atoms with E-state index < -0.39 is 0 Å². The molecule has 0 unspecified atom stereocenters. The summed E-state index contributed by atoms with van der Waals surface area (Å²) in [6.45, 7) is 4.90. The fourth-order valence-corrected chi connectivity index (χ4v) is 3.19. The molecule has 0 spiro atoms. The Labute approximate surface area is 141 Å². The summed E-state index contributed by atoms with van der Waals surface area (Å²) in [4.78, 5) is 8.12. The number of fused-ring (bicyclic) bond motifs is 1. The van der Waals surface area contributed by atoms with Crippen LogP contribution in [0.1, 0.15) is 28.1 Å². The Bertz CT molecular complexity index is 900. The van der Waals surface area contributed by atoms with E-state index in [9.17, 15) is 0 Å². The van der Waals surface area contributed by atoms with Crippen molar-refractivity contribution in [3.8, 4) is 5.75 Å². The quantitative estimate of drug-likeness (QED) is 0.931. The molecule has 0 aliphatic carbocycles. The van der Waals surface area contributed by atoms with Crippen molar-refractivity contribution < 1.29 is 9.47 Å². The average molecular weight is 320 g/mol. The Morgan fingerprint density at radius 2 is 2.12 bits per heavy atom. The van der Waals surface area contributed by atoms with Gasteiger partial charge in [-0.3, -0.25) is 0 Å². The molecule has 122 valence electrons. The van der Waals surface area contributed by atoms with E-state index in [-0.39, 0.29) is 0 Å². The SMILES string of the molecule is COC1=CC(c2ccc3c(c2)OCC3)=N/C1=C\c1[nH]c(C)cc1C. The summed E-state index contributed by atoms with van der Waals surface area (Å²) < 4.78 is 11.2. The van der Waals surface area contributed by atoms with Gasteiger partial charge in [0.05, 0.1) is 19.4 Å². The molecule has 0 atom stereocenters. The van der Waals surface area contributed by atoms with Crippen molar-refractivity contribution in [2.24, 2.45) is 4.99 Å². The second-order valence-corrected chi connectivity index (χ2v) is 6.21. The first-order chi connectivity index (χ1) is 11.6. The van der Waals surface area contributed by atoms with E-state index >= 15 is 0 Å². The van der Waals surface area contributed by atoms with Crippen LogP contribution < -0.4 is 4.74 Å². The highest BCUT2D eigenvalue weighted by Gasteiger charge is 2.19. The van der Waals surface area contributed by atoms with Crippen molar-refractivity contribution in [3.05, 3.63) is 69.9 Å². The third kappa shape index (κ3) is 2.54. The minimum atomic E-state index is 0.765. The number of aryl methyl sites for hydroxylation is 2. The number of benzene rings is 1. The van der Waals surface area contributed by atoms with Crippen LogP contribution >= 0.6 is 0 Å². The molecule has 0 bridgehead atoms. The maximum absolute atomic E-state index is 5.67. The number of H-pyrrole nitrogens is 1. The minimum absolute atomic E-state index is 0.765. The number of rotatable bonds is 3. The molecule has 2 aromatic rings.